The van der Waals surface area contributed by atoms with Gasteiger partial charge in [-0.05, 0) is 44.2 Å². The number of quaternary nitrogens is 1. The van der Waals surface area contributed by atoms with E-state index in [0.717, 1.165) is 18.8 Å². The van der Waals surface area contributed by atoms with Gasteiger partial charge in [-0.2, -0.15) is 0 Å². The number of hydrogen-bond donors (Lipinski definition) is 1. The van der Waals surface area contributed by atoms with Gasteiger partial charge in [-0.15, -0.1) is 0 Å². The van der Waals surface area contributed by atoms with E-state index in [0.29, 0.717) is 5.02 Å². The van der Waals surface area contributed by atoms with Crippen LogP contribution in [0.4, 0.5) is 0 Å². The molecule has 0 heterocycles. The summed E-state index contributed by atoms with van der Waals surface area (Å²) in [6.45, 7) is 5.56. The van der Waals surface area contributed by atoms with Crippen molar-refractivity contribution in [2.24, 2.45) is 0 Å². The first-order valence-electron chi connectivity index (χ1n) is 7.53. The lowest BCUT2D eigenvalue weighted by Gasteiger charge is -2.07. The van der Waals surface area contributed by atoms with Crippen LogP contribution >= 0.6 is 11.6 Å². The highest BCUT2D eigenvalue weighted by atomic mass is 35.5. The number of rotatable bonds is 11. The Bertz CT molecular complexity index is 330. The summed E-state index contributed by atoms with van der Waals surface area (Å²) in [5.41, 5.74) is 0. The van der Waals surface area contributed by atoms with E-state index in [9.17, 15) is 0 Å². The first kappa shape index (κ1) is 16.3. The normalized spacial score (nSPS) is 10.6. The van der Waals surface area contributed by atoms with E-state index in [2.05, 4.69) is 12.2 Å². The SMILES string of the molecule is CCCC[NH2+]CCCCCCOc1ccccc1Cl. The van der Waals surface area contributed by atoms with Crippen LogP contribution in [-0.2, 0) is 0 Å². The number of nitrogens with two attached hydrogens (primary N) is 1. The Morgan fingerprint density at radius 1 is 1.00 bits per heavy atom. The molecule has 0 aromatic heterocycles. The van der Waals surface area contributed by atoms with Gasteiger partial charge < -0.3 is 10.1 Å². The van der Waals surface area contributed by atoms with E-state index in [1.165, 1.54) is 45.2 Å². The van der Waals surface area contributed by atoms with Gasteiger partial charge in [0.2, 0.25) is 0 Å². The van der Waals surface area contributed by atoms with Gasteiger partial charge in [-0.1, -0.05) is 37.1 Å². The number of ether oxygens (including phenoxy) is 1. The van der Waals surface area contributed by atoms with Crippen molar-refractivity contribution in [1.29, 1.82) is 0 Å². The molecule has 108 valence electrons. The van der Waals surface area contributed by atoms with Crippen LogP contribution in [0.25, 0.3) is 0 Å². The topological polar surface area (TPSA) is 25.8 Å². The summed E-state index contributed by atoms with van der Waals surface area (Å²) in [5.74, 6) is 0.803. The Hall–Kier alpha value is -0.730. The van der Waals surface area contributed by atoms with E-state index in [4.69, 9.17) is 16.3 Å². The van der Waals surface area contributed by atoms with Crippen molar-refractivity contribution in [3.8, 4) is 5.75 Å². The molecule has 1 aromatic carbocycles. The van der Waals surface area contributed by atoms with Gasteiger partial charge >= 0.3 is 0 Å². The molecule has 0 atom stereocenters. The smallest absolute Gasteiger partial charge is 0.137 e. The van der Waals surface area contributed by atoms with Crippen LogP contribution in [0.3, 0.4) is 0 Å². The van der Waals surface area contributed by atoms with E-state index in [1.807, 2.05) is 24.3 Å². The summed E-state index contributed by atoms with van der Waals surface area (Å²) in [5, 5.41) is 3.14. The molecule has 0 fully saturated rings. The monoisotopic (exact) mass is 284 g/mol. The van der Waals surface area contributed by atoms with Gasteiger partial charge in [0.1, 0.15) is 5.75 Å². The lowest BCUT2D eigenvalue weighted by Crippen LogP contribution is -2.84. The summed E-state index contributed by atoms with van der Waals surface area (Å²) in [4.78, 5) is 0. The van der Waals surface area contributed by atoms with Crippen molar-refractivity contribution < 1.29 is 10.1 Å². The molecule has 2 nitrogen and oxygen atoms in total. The van der Waals surface area contributed by atoms with Crippen LogP contribution in [0.1, 0.15) is 45.4 Å². The lowest BCUT2D eigenvalue weighted by atomic mass is 10.2. The maximum Gasteiger partial charge on any atom is 0.137 e. The average Bonchev–Trinajstić information content (AvgIpc) is 2.43. The second kappa shape index (κ2) is 11.1. The van der Waals surface area contributed by atoms with Crippen LogP contribution in [-0.4, -0.2) is 19.7 Å². The zero-order valence-electron chi connectivity index (χ0n) is 12.0. The first-order valence-corrected chi connectivity index (χ1v) is 7.91. The molecule has 0 aliphatic rings. The number of unbranched alkanes of at least 4 members (excludes halogenated alkanes) is 4. The van der Waals surface area contributed by atoms with Crippen LogP contribution in [0.2, 0.25) is 5.02 Å². The van der Waals surface area contributed by atoms with Crippen LogP contribution in [0.15, 0.2) is 24.3 Å². The van der Waals surface area contributed by atoms with Crippen LogP contribution < -0.4 is 10.1 Å². The molecule has 0 aliphatic carbocycles. The molecule has 0 radical (unpaired) electrons. The van der Waals surface area contributed by atoms with Crippen molar-refractivity contribution in [3.05, 3.63) is 29.3 Å². The van der Waals surface area contributed by atoms with Crippen molar-refractivity contribution in [2.75, 3.05) is 19.7 Å². The maximum absolute atomic E-state index is 6.02. The Balaban J connectivity index is 1.90. The van der Waals surface area contributed by atoms with Gasteiger partial charge in [0, 0.05) is 0 Å². The summed E-state index contributed by atoms with van der Waals surface area (Å²) in [6, 6.07) is 7.66. The van der Waals surface area contributed by atoms with E-state index < -0.39 is 0 Å². The second-order valence-corrected chi connectivity index (χ2v) is 5.32. The third-order valence-corrected chi connectivity index (χ3v) is 3.47. The highest BCUT2D eigenvalue weighted by Gasteiger charge is 1.99. The summed E-state index contributed by atoms with van der Waals surface area (Å²) < 4.78 is 5.66. The predicted octanol–water partition coefficient (Wildman–Crippen LogP) is 3.64. The number of halogens is 1. The minimum Gasteiger partial charge on any atom is -0.492 e. The minimum absolute atomic E-state index is 0.702. The Kier molecular flexibility index (Phi) is 9.56. The largest absolute Gasteiger partial charge is 0.492 e. The molecule has 3 heteroatoms. The van der Waals surface area contributed by atoms with Crippen molar-refractivity contribution in [1.82, 2.24) is 0 Å². The molecular formula is C16H27ClNO+. The van der Waals surface area contributed by atoms with Crippen LogP contribution in [0.5, 0.6) is 5.75 Å². The van der Waals surface area contributed by atoms with Crippen molar-refractivity contribution in [3.63, 3.8) is 0 Å². The highest BCUT2D eigenvalue weighted by Crippen LogP contribution is 2.23. The van der Waals surface area contributed by atoms with Gasteiger partial charge in [0.05, 0.1) is 24.7 Å². The fourth-order valence-electron chi connectivity index (χ4n) is 1.98. The Morgan fingerprint density at radius 3 is 2.53 bits per heavy atom. The fourth-order valence-corrected chi connectivity index (χ4v) is 2.17. The molecule has 0 spiro atoms. The Labute approximate surface area is 122 Å². The third-order valence-electron chi connectivity index (χ3n) is 3.16. The van der Waals surface area contributed by atoms with E-state index in [1.54, 1.807) is 0 Å². The molecule has 2 N–H and O–H groups in total. The minimum atomic E-state index is 0.702. The van der Waals surface area contributed by atoms with E-state index in [-0.39, 0.29) is 0 Å². The first-order chi connectivity index (χ1) is 9.34. The van der Waals surface area contributed by atoms with Gasteiger partial charge in [0.25, 0.3) is 0 Å². The number of para-hydroxylation sites is 1. The molecule has 19 heavy (non-hydrogen) atoms. The van der Waals surface area contributed by atoms with Gasteiger partial charge in [-0.3, -0.25) is 0 Å². The molecule has 0 saturated heterocycles. The quantitative estimate of drug-likeness (QED) is 0.617. The molecular weight excluding hydrogens is 258 g/mol. The molecule has 0 aliphatic heterocycles. The van der Waals surface area contributed by atoms with Gasteiger partial charge in [0.15, 0.2) is 0 Å². The maximum atomic E-state index is 6.02. The highest BCUT2D eigenvalue weighted by molar-refractivity contribution is 6.32. The molecule has 1 rings (SSSR count). The fraction of sp³-hybridized carbons (Fsp3) is 0.625. The summed E-state index contributed by atoms with van der Waals surface area (Å²) in [6.07, 6.45) is 7.61. The average molecular weight is 285 g/mol. The standard InChI is InChI=1S/C16H26ClNO/c1-2-3-12-18-13-8-4-5-9-14-19-16-11-7-6-10-15(16)17/h6-7,10-11,18H,2-5,8-9,12-14H2,1H3/p+1. The molecule has 0 unspecified atom stereocenters. The van der Waals surface area contributed by atoms with Crippen molar-refractivity contribution in [2.45, 2.75) is 45.4 Å². The summed E-state index contributed by atoms with van der Waals surface area (Å²) in [7, 11) is 0. The lowest BCUT2D eigenvalue weighted by molar-refractivity contribution is -0.655. The van der Waals surface area contributed by atoms with Crippen molar-refractivity contribution >= 4 is 11.6 Å². The zero-order chi connectivity index (χ0) is 13.8. The predicted molar refractivity (Wildman–Crippen MR) is 82.0 cm³/mol. The molecule has 0 bridgehead atoms. The molecule has 0 saturated carbocycles. The van der Waals surface area contributed by atoms with E-state index >= 15 is 0 Å². The second-order valence-electron chi connectivity index (χ2n) is 4.91. The summed E-state index contributed by atoms with van der Waals surface area (Å²) >= 11 is 6.02. The van der Waals surface area contributed by atoms with Gasteiger partial charge in [-0.25, -0.2) is 0 Å². The molecule has 0 amide bonds. The zero-order valence-corrected chi connectivity index (χ0v) is 12.8. The number of benzene rings is 1. The van der Waals surface area contributed by atoms with Crippen LogP contribution in [0, 0.1) is 0 Å². The third kappa shape index (κ3) is 8.12. The molecule has 1 aromatic rings. The Morgan fingerprint density at radius 2 is 1.74 bits per heavy atom. The number of hydrogen-bond acceptors (Lipinski definition) is 1.